The number of hydrogen-bond donors (Lipinski definition) is 0. The standard InChI is InChI=1S/C21H22F3N3O3/c1-25(2)12-13-26(15-16-6-5-8-18(14-16)21(22,23)24)20(28)11-10-17-7-3-4-9-19(17)27(29)30/h3-11,14H,12-13,15H2,1-2H3/b11-10+. The molecule has 0 heterocycles. The number of alkyl halides is 3. The second kappa shape index (κ2) is 10.0. The molecule has 0 aliphatic rings. The number of amides is 1. The van der Waals surface area contributed by atoms with Crippen LogP contribution >= 0.6 is 0 Å². The zero-order valence-corrected chi connectivity index (χ0v) is 16.6. The van der Waals surface area contributed by atoms with Gasteiger partial charge in [0.05, 0.1) is 16.1 Å². The summed E-state index contributed by atoms with van der Waals surface area (Å²) in [7, 11) is 3.63. The third-order valence-corrected chi connectivity index (χ3v) is 4.30. The average molecular weight is 421 g/mol. The van der Waals surface area contributed by atoms with Crippen LogP contribution in [0.4, 0.5) is 18.9 Å². The summed E-state index contributed by atoms with van der Waals surface area (Å²) in [5.41, 5.74) is -0.312. The summed E-state index contributed by atoms with van der Waals surface area (Å²) < 4.78 is 38.9. The number of benzene rings is 2. The van der Waals surface area contributed by atoms with E-state index in [2.05, 4.69) is 0 Å². The van der Waals surface area contributed by atoms with Crippen LogP contribution < -0.4 is 0 Å². The lowest BCUT2D eigenvalue weighted by Gasteiger charge is -2.23. The van der Waals surface area contributed by atoms with E-state index < -0.39 is 22.6 Å². The summed E-state index contributed by atoms with van der Waals surface area (Å²) >= 11 is 0. The fraction of sp³-hybridized carbons (Fsp3) is 0.286. The molecule has 0 aliphatic carbocycles. The molecule has 1 amide bonds. The predicted octanol–water partition coefficient (Wildman–Crippen LogP) is 4.22. The van der Waals surface area contributed by atoms with Gasteiger partial charge in [0.25, 0.3) is 5.69 Å². The minimum absolute atomic E-state index is 0.0161. The average Bonchev–Trinajstić information content (AvgIpc) is 2.68. The van der Waals surface area contributed by atoms with E-state index in [9.17, 15) is 28.1 Å². The molecule has 2 aromatic rings. The van der Waals surface area contributed by atoms with Crippen LogP contribution in [0.2, 0.25) is 0 Å². The van der Waals surface area contributed by atoms with E-state index >= 15 is 0 Å². The van der Waals surface area contributed by atoms with Crippen LogP contribution in [-0.2, 0) is 17.5 Å². The van der Waals surface area contributed by atoms with Gasteiger partial charge in [-0.05, 0) is 43.9 Å². The van der Waals surface area contributed by atoms with Crippen molar-refractivity contribution in [2.24, 2.45) is 0 Å². The highest BCUT2D eigenvalue weighted by molar-refractivity contribution is 5.92. The Morgan fingerprint density at radius 3 is 2.43 bits per heavy atom. The maximum absolute atomic E-state index is 13.0. The van der Waals surface area contributed by atoms with E-state index in [1.807, 2.05) is 19.0 Å². The van der Waals surface area contributed by atoms with Gasteiger partial charge in [-0.15, -0.1) is 0 Å². The van der Waals surface area contributed by atoms with E-state index in [1.54, 1.807) is 6.07 Å². The second-order valence-corrected chi connectivity index (χ2v) is 6.91. The molecule has 0 spiro atoms. The molecule has 30 heavy (non-hydrogen) atoms. The lowest BCUT2D eigenvalue weighted by atomic mass is 10.1. The zero-order chi connectivity index (χ0) is 22.3. The van der Waals surface area contributed by atoms with Crippen molar-refractivity contribution in [2.45, 2.75) is 12.7 Å². The molecule has 6 nitrogen and oxygen atoms in total. The number of hydrogen-bond acceptors (Lipinski definition) is 4. The first-order valence-electron chi connectivity index (χ1n) is 9.09. The summed E-state index contributed by atoms with van der Waals surface area (Å²) in [4.78, 5) is 26.5. The predicted molar refractivity (Wildman–Crippen MR) is 108 cm³/mol. The minimum atomic E-state index is -4.47. The number of halogens is 3. The van der Waals surface area contributed by atoms with Crippen molar-refractivity contribution in [3.63, 3.8) is 0 Å². The largest absolute Gasteiger partial charge is 0.416 e. The number of nitro benzene ring substituents is 1. The molecule has 0 saturated heterocycles. The third kappa shape index (κ3) is 6.70. The number of nitro groups is 1. The number of nitrogens with zero attached hydrogens (tertiary/aromatic N) is 3. The molecule has 2 aromatic carbocycles. The van der Waals surface area contributed by atoms with Crippen molar-refractivity contribution in [1.29, 1.82) is 0 Å². The molecule has 160 valence electrons. The molecule has 0 aromatic heterocycles. The van der Waals surface area contributed by atoms with Crippen LogP contribution in [0.15, 0.2) is 54.6 Å². The quantitative estimate of drug-likeness (QED) is 0.364. The maximum atomic E-state index is 13.0. The summed E-state index contributed by atoms with van der Waals surface area (Å²) in [5.74, 6) is -0.451. The topological polar surface area (TPSA) is 66.7 Å². The maximum Gasteiger partial charge on any atom is 0.416 e. The lowest BCUT2D eigenvalue weighted by molar-refractivity contribution is -0.385. The van der Waals surface area contributed by atoms with Crippen molar-refractivity contribution >= 4 is 17.7 Å². The van der Waals surface area contributed by atoms with Gasteiger partial charge in [-0.1, -0.05) is 24.3 Å². The van der Waals surface area contributed by atoms with Crippen molar-refractivity contribution in [2.75, 3.05) is 27.2 Å². The summed E-state index contributed by atoms with van der Waals surface area (Å²) in [6.45, 7) is 0.769. The molecule has 2 rings (SSSR count). The molecule has 9 heteroatoms. The van der Waals surface area contributed by atoms with E-state index in [-0.39, 0.29) is 24.3 Å². The van der Waals surface area contributed by atoms with Gasteiger partial charge in [0.2, 0.25) is 5.91 Å². The SMILES string of the molecule is CN(C)CCN(Cc1cccc(C(F)(F)F)c1)C(=O)/C=C/c1ccccc1[N+](=O)[O-]. The first-order chi connectivity index (χ1) is 14.1. The second-order valence-electron chi connectivity index (χ2n) is 6.91. The van der Waals surface area contributed by atoms with Gasteiger partial charge in [-0.25, -0.2) is 0 Å². The van der Waals surface area contributed by atoms with Gasteiger partial charge in [0.1, 0.15) is 0 Å². The van der Waals surface area contributed by atoms with Gasteiger partial charge in [-0.3, -0.25) is 14.9 Å². The molecule has 0 radical (unpaired) electrons. The molecule has 0 atom stereocenters. The highest BCUT2D eigenvalue weighted by Crippen LogP contribution is 2.29. The molecule has 0 unspecified atom stereocenters. The van der Waals surface area contributed by atoms with Gasteiger partial charge < -0.3 is 9.80 Å². The highest BCUT2D eigenvalue weighted by Gasteiger charge is 2.30. The normalized spacial score (nSPS) is 11.8. The Labute approximate surface area is 172 Å². The molecule has 0 N–H and O–H groups in total. The fourth-order valence-corrected chi connectivity index (χ4v) is 2.72. The van der Waals surface area contributed by atoms with Crippen LogP contribution in [-0.4, -0.2) is 47.8 Å². The summed E-state index contributed by atoms with van der Waals surface area (Å²) in [6.07, 6.45) is -1.93. The van der Waals surface area contributed by atoms with Crippen LogP contribution in [0.5, 0.6) is 0 Å². The van der Waals surface area contributed by atoms with Crippen molar-refractivity contribution in [3.05, 3.63) is 81.4 Å². The Hall–Kier alpha value is -3.20. The summed E-state index contributed by atoms with van der Waals surface area (Å²) in [5, 5.41) is 11.1. The lowest BCUT2D eigenvalue weighted by Crippen LogP contribution is -2.35. The van der Waals surface area contributed by atoms with Crippen LogP contribution in [0.25, 0.3) is 6.08 Å². The first-order valence-corrected chi connectivity index (χ1v) is 9.09. The van der Waals surface area contributed by atoms with Gasteiger partial charge >= 0.3 is 6.18 Å². The van der Waals surface area contributed by atoms with E-state index in [0.29, 0.717) is 12.1 Å². The monoisotopic (exact) mass is 421 g/mol. The minimum Gasteiger partial charge on any atom is -0.334 e. The van der Waals surface area contributed by atoms with Gasteiger partial charge in [-0.2, -0.15) is 13.2 Å². The fourth-order valence-electron chi connectivity index (χ4n) is 2.72. The zero-order valence-electron chi connectivity index (χ0n) is 16.6. The molecular formula is C21H22F3N3O3. The van der Waals surface area contributed by atoms with Crippen molar-refractivity contribution in [1.82, 2.24) is 9.80 Å². The molecule has 0 fully saturated rings. The first kappa shape index (κ1) is 23.1. The Balaban J connectivity index is 2.24. The van der Waals surface area contributed by atoms with Crippen LogP contribution in [0.3, 0.4) is 0 Å². The number of carbonyl (C=O) groups is 1. The van der Waals surface area contributed by atoms with Crippen molar-refractivity contribution in [3.8, 4) is 0 Å². The Bertz CT molecular complexity index is 927. The summed E-state index contributed by atoms with van der Waals surface area (Å²) in [6, 6.07) is 10.8. The smallest absolute Gasteiger partial charge is 0.334 e. The number of likely N-dealkylation sites (N-methyl/N-ethyl adjacent to an activating group) is 1. The highest BCUT2D eigenvalue weighted by atomic mass is 19.4. The van der Waals surface area contributed by atoms with Gasteiger partial charge in [0.15, 0.2) is 0 Å². The Morgan fingerprint density at radius 2 is 1.80 bits per heavy atom. The Morgan fingerprint density at radius 1 is 1.10 bits per heavy atom. The van der Waals surface area contributed by atoms with E-state index in [1.165, 1.54) is 47.4 Å². The number of carbonyl (C=O) groups excluding carboxylic acids is 1. The molecule has 0 saturated carbocycles. The van der Waals surface area contributed by atoms with E-state index in [4.69, 9.17) is 0 Å². The van der Waals surface area contributed by atoms with Crippen molar-refractivity contribution < 1.29 is 22.9 Å². The number of rotatable bonds is 8. The molecular weight excluding hydrogens is 399 g/mol. The van der Waals surface area contributed by atoms with Crippen LogP contribution in [0, 0.1) is 10.1 Å². The Kier molecular flexibility index (Phi) is 7.71. The van der Waals surface area contributed by atoms with E-state index in [0.717, 1.165) is 12.1 Å². The third-order valence-electron chi connectivity index (χ3n) is 4.30. The van der Waals surface area contributed by atoms with Crippen LogP contribution in [0.1, 0.15) is 16.7 Å². The molecule has 0 aliphatic heterocycles. The number of para-hydroxylation sites is 1. The van der Waals surface area contributed by atoms with Gasteiger partial charge in [0, 0.05) is 31.8 Å². The molecule has 0 bridgehead atoms.